The van der Waals surface area contributed by atoms with Crippen LogP contribution in [0.2, 0.25) is 0 Å². The first-order chi connectivity index (χ1) is 11.1. The Labute approximate surface area is 135 Å². The first-order valence-electron chi connectivity index (χ1n) is 7.38. The summed E-state index contributed by atoms with van der Waals surface area (Å²) in [4.78, 5) is 11.1. The van der Waals surface area contributed by atoms with Crippen LogP contribution in [0.1, 0.15) is 5.56 Å². The molecule has 0 fully saturated rings. The summed E-state index contributed by atoms with van der Waals surface area (Å²) in [6, 6.07) is 23.8. The van der Waals surface area contributed by atoms with Gasteiger partial charge in [0.1, 0.15) is 5.75 Å². The molecular formula is C20H17NO2. The van der Waals surface area contributed by atoms with E-state index in [4.69, 9.17) is 10.5 Å². The molecule has 114 valence electrons. The standard InChI is InChI=1S/C20H17NO2/c1-14-13-16(11-12-17(14)15-7-3-2-4-8-15)18-9-5-6-10-19(18)23-20(21)22/h2-13H,1H3,(H2,21,22). The van der Waals surface area contributed by atoms with Crippen LogP contribution in [-0.4, -0.2) is 6.09 Å². The molecule has 3 aromatic carbocycles. The van der Waals surface area contributed by atoms with Crippen molar-refractivity contribution in [3.8, 4) is 28.0 Å². The quantitative estimate of drug-likeness (QED) is 0.756. The predicted molar refractivity (Wildman–Crippen MR) is 92.3 cm³/mol. The van der Waals surface area contributed by atoms with Crippen LogP contribution in [0, 0.1) is 6.92 Å². The second-order valence-corrected chi connectivity index (χ2v) is 5.31. The van der Waals surface area contributed by atoms with Gasteiger partial charge in [-0.25, -0.2) is 4.79 Å². The lowest BCUT2D eigenvalue weighted by Gasteiger charge is -2.12. The summed E-state index contributed by atoms with van der Waals surface area (Å²) in [7, 11) is 0. The number of carbonyl (C=O) groups is 1. The molecule has 0 atom stereocenters. The average molecular weight is 303 g/mol. The molecule has 0 aromatic heterocycles. The van der Waals surface area contributed by atoms with Gasteiger partial charge in [-0.3, -0.25) is 0 Å². The number of aryl methyl sites for hydroxylation is 1. The first kappa shape index (κ1) is 14.9. The SMILES string of the molecule is Cc1cc(-c2ccccc2OC(N)=O)ccc1-c1ccccc1. The maximum Gasteiger partial charge on any atom is 0.409 e. The van der Waals surface area contributed by atoms with Crippen molar-refractivity contribution in [2.24, 2.45) is 5.73 Å². The summed E-state index contributed by atoms with van der Waals surface area (Å²) >= 11 is 0. The van der Waals surface area contributed by atoms with Gasteiger partial charge >= 0.3 is 6.09 Å². The van der Waals surface area contributed by atoms with E-state index in [0.29, 0.717) is 5.75 Å². The van der Waals surface area contributed by atoms with E-state index in [2.05, 4.69) is 31.2 Å². The summed E-state index contributed by atoms with van der Waals surface area (Å²) in [6.45, 7) is 2.07. The lowest BCUT2D eigenvalue weighted by Crippen LogP contribution is -2.16. The van der Waals surface area contributed by atoms with Crippen molar-refractivity contribution in [1.29, 1.82) is 0 Å². The van der Waals surface area contributed by atoms with Gasteiger partial charge in [0.2, 0.25) is 0 Å². The zero-order valence-electron chi connectivity index (χ0n) is 12.8. The van der Waals surface area contributed by atoms with Crippen molar-refractivity contribution < 1.29 is 9.53 Å². The van der Waals surface area contributed by atoms with Crippen LogP contribution in [-0.2, 0) is 0 Å². The molecule has 0 saturated heterocycles. The monoisotopic (exact) mass is 303 g/mol. The van der Waals surface area contributed by atoms with E-state index in [1.54, 1.807) is 6.07 Å². The van der Waals surface area contributed by atoms with Gasteiger partial charge in [-0.1, -0.05) is 66.7 Å². The van der Waals surface area contributed by atoms with Gasteiger partial charge in [0.15, 0.2) is 0 Å². The Morgan fingerprint density at radius 2 is 1.52 bits per heavy atom. The molecule has 0 aliphatic heterocycles. The van der Waals surface area contributed by atoms with Crippen LogP contribution in [0.5, 0.6) is 5.75 Å². The lowest BCUT2D eigenvalue weighted by molar-refractivity contribution is 0.211. The van der Waals surface area contributed by atoms with Gasteiger partial charge in [0.25, 0.3) is 0 Å². The number of benzene rings is 3. The zero-order chi connectivity index (χ0) is 16.2. The normalized spacial score (nSPS) is 10.3. The third kappa shape index (κ3) is 3.24. The maximum atomic E-state index is 11.1. The Morgan fingerprint density at radius 3 is 2.22 bits per heavy atom. The molecule has 0 aliphatic carbocycles. The Balaban J connectivity index is 2.03. The van der Waals surface area contributed by atoms with Crippen LogP contribution in [0.15, 0.2) is 72.8 Å². The molecule has 23 heavy (non-hydrogen) atoms. The van der Waals surface area contributed by atoms with E-state index in [0.717, 1.165) is 16.7 Å². The summed E-state index contributed by atoms with van der Waals surface area (Å²) in [6.07, 6.45) is -0.810. The number of para-hydroxylation sites is 1. The third-order valence-corrected chi connectivity index (χ3v) is 3.72. The number of nitrogens with two attached hydrogens (primary N) is 1. The van der Waals surface area contributed by atoms with Gasteiger partial charge in [0, 0.05) is 5.56 Å². The lowest BCUT2D eigenvalue weighted by atomic mass is 9.95. The molecule has 0 heterocycles. The van der Waals surface area contributed by atoms with E-state index in [-0.39, 0.29) is 0 Å². The van der Waals surface area contributed by atoms with E-state index in [9.17, 15) is 4.79 Å². The molecule has 1 amide bonds. The number of rotatable bonds is 3. The van der Waals surface area contributed by atoms with Crippen molar-refractivity contribution in [3.05, 3.63) is 78.4 Å². The molecule has 3 nitrogen and oxygen atoms in total. The fraction of sp³-hybridized carbons (Fsp3) is 0.0500. The number of hydrogen-bond donors (Lipinski definition) is 1. The minimum atomic E-state index is -0.810. The minimum absolute atomic E-state index is 0.465. The summed E-state index contributed by atoms with van der Waals surface area (Å²) < 4.78 is 5.09. The molecule has 0 bridgehead atoms. The fourth-order valence-corrected chi connectivity index (χ4v) is 2.68. The molecule has 0 aliphatic rings. The van der Waals surface area contributed by atoms with E-state index >= 15 is 0 Å². The Morgan fingerprint density at radius 1 is 0.826 bits per heavy atom. The maximum absolute atomic E-state index is 11.1. The third-order valence-electron chi connectivity index (χ3n) is 3.72. The zero-order valence-corrected chi connectivity index (χ0v) is 12.8. The van der Waals surface area contributed by atoms with E-state index in [1.165, 1.54) is 11.1 Å². The number of amides is 1. The van der Waals surface area contributed by atoms with Crippen molar-refractivity contribution >= 4 is 6.09 Å². The molecule has 3 heteroatoms. The minimum Gasteiger partial charge on any atom is -0.410 e. The van der Waals surface area contributed by atoms with Crippen molar-refractivity contribution in [2.45, 2.75) is 6.92 Å². The largest absolute Gasteiger partial charge is 0.410 e. The first-order valence-corrected chi connectivity index (χ1v) is 7.38. The van der Waals surface area contributed by atoms with Crippen LogP contribution in [0.25, 0.3) is 22.3 Å². The number of hydrogen-bond acceptors (Lipinski definition) is 2. The summed E-state index contributed by atoms with van der Waals surface area (Å²) in [5.41, 5.74) is 10.5. The highest BCUT2D eigenvalue weighted by Gasteiger charge is 2.10. The van der Waals surface area contributed by atoms with Gasteiger partial charge in [0.05, 0.1) is 0 Å². The topological polar surface area (TPSA) is 52.3 Å². The van der Waals surface area contributed by atoms with Crippen molar-refractivity contribution in [3.63, 3.8) is 0 Å². The molecule has 3 rings (SSSR count). The van der Waals surface area contributed by atoms with E-state index in [1.807, 2.05) is 42.5 Å². The highest BCUT2D eigenvalue weighted by molar-refractivity contribution is 5.79. The number of primary amides is 1. The second-order valence-electron chi connectivity index (χ2n) is 5.31. The van der Waals surface area contributed by atoms with Gasteiger partial charge < -0.3 is 10.5 Å². The molecule has 3 aromatic rings. The predicted octanol–water partition coefficient (Wildman–Crippen LogP) is 4.79. The highest BCUT2D eigenvalue weighted by atomic mass is 16.5. The van der Waals surface area contributed by atoms with E-state index < -0.39 is 6.09 Å². The Hall–Kier alpha value is -3.07. The summed E-state index contributed by atoms with van der Waals surface area (Å²) in [5.74, 6) is 0.465. The average Bonchev–Trinajstić information content (AvgIpc) is 2.55. The molecule has 0 saturated carbocycles. The van der Waals surface area contributed by atoms with Gasteiger partial charge in [-0.15, -0.1) is 0 Å². The number of carbonyl (C=O) groups excluding carboxylic acids is 1. The van der Waals surface area contributed by atoms with Crippen LogP contribution in [0.3, 0.4) is 0 Å². The van der Waals surface area contributed by atoms with Crippen LogP contribution >= 0.6 is 0 Å². The summed E-state index contributed by atoms with van der Waals surface area (Å²) in [5, 5.41) is 0. The van der Waals surface area contributed by atoms with Crippen molar-refractivity contribution in [1.82, 2.24) is 0 Å². The molecule has 0 radical (unpaired) electrons. The van der Waals surface area contributed by atoms with Crippen molar-refractivity contribution in [2.75, 3.05) is 0 Å². The second kappa shape index (κ2) is 6.36. The Bertz CT molecular complexity index is 841. The Kier molecular flexibility index (Phi) is 4.11. The van der Waals surface area contributed by atoms with Crippen LogP contribution < -0.4 is 10.5 Å². The van der Waals surface area contributed by atoms with Crippen LogP contribution in [0.4, 0.5) is 4.79 Å². The smallest absolute Gasteiger partial charge is 0.409 e. The van der Waals surface area contributed by atoms with Gasteiger partial charge in [-0.05, 0) is 35.2 Å². The highest BCUT2D eigenvalue weighted by Crippen LogP contribution is 2.33. The molecular weight excluding hydrogens is 286 g/mol. The molecule has 0 unspecified atom stereocenters. The molecule has 0 spiro atoms. The van der Waals surface area contributed by atoms with Gasteiger partial charge in [-0.2, -0.15) is 0 Å². The fourth-order valence-electron chi connectivity index (χ4n) is 2.68. The molecule has 2 N–H and O–H groups in total. The number of ether oxygens (including phenoxy) is 1.